The van der Waals surface area contributed by atoms with Crippen molar-refractivity contribution < 1.29 is 19.4 Å². The van der Waals surface area contributed by atoms with Gasteiger partial charge in [0.2, 0.25) is 5.91 Å². The van der Waals surface area contributed by atoms with E-state index >= 15 is 0 Å². The average Bonchev–Trinajstić information content (AvgIpc) is 2.38. The van der Waals surface area contributed by atoms with Gasteiger partial charge in [0.15, 0.2) is 6.04 Å². The predicted molar refractivity (Wildman–Crippen MR) is 62.4 cm³/mol. The maximum Gasteiger partial charge on any atom is 0.330 e. The maximum absolute atomic E-state index is 11.6. The van der Waals surface area contributed by atoms with Crippen LogP contribution in [0.3, 0.4) is 0 Å². The molecular weight excluding hydrogens is 258 g/mol. The fourth-order valence-corrected chi connectivity index (χ4v) is 1.28. The molecule has 0 radical (unpaired) electrons. The van der Waals surface area contributed by atoms with Gasteiger partial charge >= 0.3 is 11.7 Å². The van der Waals surface area contributed by atoms with E-state index in [1.54, 1.807) is 0 Å². The van der Waals surface area contributed by atoms with Crippen LogP contribution in [0.25, 0.3) is 0 Å². The van der Waals surface area contributed by atoms with Crippen LogP contribution in [0.4, 0.5) is 0 Å². The number of nitrogens with zero attached hydrogens (tertiary/aromatic N) is 1. The number of methoxy groups -OCH3 is 1. The van der Waals surface area contributed by atoms with Crippen molar-refractivity contribution in [3.8, 4) is 0 Å². The molecule has 19 heavy (non-hydrogen) atoms. The number of hydrogen-bond donors (Lipinski definition) is 3. The minimum absolute atomic E-state index is 0.400. The molecule has 0 aliphatic rings. The number of aromatic amines is 1. The molecule has 0 spiro atoms. The third-order valence-corrected chi connectivity index (χ3v) is 2.21. The second-order valence-electron chi connectivity index (χ2n) is 3.56. The lowest BCUT2D eigenvalue weighted by Gasteiger charge is -2.14. The Morgan fingerprint density at radius 2 is 2.21 bits per heavy atom. The number of aromatic nitrogens is 2. The second kappa shape index (κ2) is 6.50. The van der Waals surface area contributed by atoms with E-state index in [9.17, 15) is 19.2 Å². The molecule has 104 valence electrons. The number of rotatable bonds is 5. The summed E-state index contributed by atoms with van der Waals surface area (Å²) in [6.45, 7) is -1.03. The summed E-state index contributed by atoms with van der Waals surface area (Å²) in [6, 6.07) is -0.116. The molecule has 1 heterocycles. The van der Waals surface area contributed by atoms with Gasteiger partial charge in [0.1, 0.15) is 6.54 Å². The summed E-state index contributed by atoms with van der Waals surface area (Å²) < 4.78 is 5.31. The monoisotopic (exact) mass is 271 g/mol. The number of esters is 1. The molecule has 1 rings (SSSR count). The minimum atomic E-state index is -1.20. The van der Waals surface area contributed by atoms with Crippen molar-refractivity contribution in [1.29, 1.82) is 0 Å². The third-order valence-electron chi connectivity index (χ3n) is 2.21. The summed E-state index contributed by atoms with van der Waals surface area (Å²) >= 11 is 0. The van der Waals surface area contributed by atoms with Crippen molar-refractivity contribution >= 4 is 11.9 Å². The van der Waals surface area contributed by atoms with Crippen molar-refractivity contribution in [3.63, 3.8) is 0 Å². The van der Waals surface area contributed by atoms with Gasteiger partial charge in [-0.1, -0.05) is 0 Å². The van der Waals surface area contributed by atoms with Gasteiger partial charge in [-0.05, 0) is 0 Å². The number of nitrogens with one attached hydrogen (secondary N) is 2. The predicted octanol–water partition coefficient (Wildman–Crippen LogP) is -2.81. The summed E-state index contributed by atoms with van der Waals surface area (Å²) in [6.07, 6.45) is 1.15. The van der Waals surface area contributed by atoms with E-state index < -0.39 is 42.3 Å². The summed E-state index contributed by atoms with van der Waals surface area (Å²) in [5, 5.41) is 11.1. The first-order valence-electron chi connectivity index (χ1n) is 5.25. The maximum atomic E-state index is 11.6. The zero-order valence-corrected chi connectivity index (χ0v) is 10.1. The SMILES string of the molecule is COC(=O)C(CO)NC(=O)Cn1ccc(=O)[nH]c1=O. The van der Waals surface area contributed by atoms with Gasteiger partial charge in [-0.15, -0.1) is 0 Å². The van der Waals surface area contributed by atoms with Crippen LogP contribution in [0.1, 0.15) is 0 Å². The highest BCUT2D eigenvalue weighted by molar-refractivity contribution is 5.84. The lowest BCUT2D eigenvalue weighted by molar-refractivity contribution is -0.146. The van der Waals surface area contributed by atoms with Crippen molar-refractivity contribution in [2.24, 2.45) is 0 Å². The lowest BCUT2D eigenvalue weighted by atomic mass is 10.3. The molecule has 3 N–H and O–H groups in total. The number of aliphatic hydroxyl groups is 1. The zero-order chi connectivity index (χ0) is 14.4. The van der Waals surface area contributed by atoms with Gasteiger partial charge in [0.05, 0.1) is 13.7 Å². The molecule has 9 nitrogen and oxygen atoms in total. The van der Waals surface area contributed by atoms with Gasteiger partial charge in [-0.3, -0.25) is 19.1 Å². The summed E-state index contributed by atoms with van der Waals surface area (Å²) in [7, 11) is 1.11. The van der Waals surface area contributed by atoms with Crippen LogP contribution in [0.2, 0.25) is 0 Å². The Morgan fingerprint density at radius 1 is 1.53 bits per heavy atom. The number of ether oxygens (including phenoxy) is 1. The molecule has 0 aliphatic carbocycles. The van der Waals surface area contributed by atoms with Crippen molar-refractivity contribution in [1.82, 2.24) is 14.9 Å². The summed E-state index contributed by atoms with van der Waals surface area (Å²) in [5.41, 5.74) is -1.33. The minimum Gasteiger partial charge on any atom is -0.467 e. The van der Waals surface area contributed by atoms with E-state index in [1.165, 1.54) is 0 Å². The van der Waals surface area contributed by atoms with Crippen LogP contribution in [0.15, 0.2) is 21.9 Å². The zero-order valence-electron chi connectivity index (χ0n) is 10.1. The number of aliphatic hydroxyl groups excluding tert-OH is 1. The van der Waals surface area contributed by atoms with E-state index in [0.29, 0.717) is 0 Å². The molecule has 0 saturated carbocycles. The number of amides is 1. The fourth-order valence-electron chi connectivity index (χ4n) is 1.28. The molecule has 0 bridgehead atoms. The van der Waals surface area contributed by atoms with Gasteiger partial charge in [0, 0.05) is 12.3 Å². The number of carbonyl (C=O) groups is 2. The Morgan fingerprint density at radius 3 is 2.74 bits per heavy atom. The largest absolute Gasteiger partial charge is 0.467 e. The van der Waals surface area contributed by atoms with Gasteiger partial charge in [-0.25, -0.2) is 9.59 Å². The Hall–Kier alpha value is -2.42. The molecule has 1 aromatic rings. The summed E-state index contributed by atoms with van der Waals surface area (Å²) in [5.74, 6) is -1.48. The molecule has 0 saturated heterocycles. The topological polar surface area (TPSA) is 130 Å². The van der Waals surface area contributed by atoms with Crippen LogP contribution in [0.5, 0.6) is 0 Å². The Labute approximate surface area is 106 Å². The molecule has 1 amide bonds. The average molecular weight is 271 g/mol. The van der Waals surface area contributed by atoms with Crippen molar-refractivity contribution in [3.05, 3.63) is 33.1 Å². The first-order valence-corrected chi connectivity index (χ1v) is 5.25. The first-order chi connectivity index (χ1) is 8.97. The molecule has 0 fully saturated rings. The lowest BCUT2D eigenvalue weighted by Crippen LogP contribution is -2.46. The van der Waals surface area contributed by atoms with Gasteiger partial charge in [0.25, 0.3) is 5.56 Å². The van der Waals surface area contributed by atoms with E-state index in [-0.39, 0.29) is 0 Å². The number of hydrogen-bond acceptors (Lipinski definition) is 6. The van der Waals surface area contributed by atoms with E-state index in [4.69, 9.17) is 5.11 Å². The first kappa shape index (κ1) is 14.6. The molecule has 0 aliphatic heterocycles. The van der Waals surface area contributed by atoms with Gasteiger partial charge in [-0.2, -0.15) is 0 Å². The Balaban J connectivity index is 2.72. The normalized spacial score (nSPS) is 11.7. The van der Waals surface area contributed by atoms with Crippen LogP contribution in [-0.2, 0) is 20.9 Å². The van der Waals surface area contributed by atoms with Crippen LogP contribution < -0.4 is 16.6 Å². The Kier molecular flexibility index (Phi) is 5.01. The summed E-state index contributed by atoms with van der Waals surface area (Å²) in [4.78, 5) is 46.8. The van der Waals surface area contributed by atoms with Crippen molar-refractivity contribution in [2.75, 3.05) is 13.7 Å². The third kappa shape index (κ3) is 4.07. The highest BCUT2D eigenvalue weighted by Crippen LogP contribution is 1.88. The van der Waals surface area contributed by atoms with Crippen LogP contribution >= 0.6 is 0 Å². The molecule has 0 aromatic carbocycles. The molecule has 1 aromatic heterocycles. The molecular formula is C10H13N3O6. The quantitative estimate of drug-likeness (QED) is 0.495. The van der Waals surface area contributed by atoms with E-state index in [2.05, 4.69) is 10.1 Å². The van der Waals surface area contributed by atoms with Crippen LogP contribution in [0, 0.1) is 0 Å². The van der Waals surface area contributed by atoms with E-state index in [0.717, 1.165) is 23.9 Å². The molecule has 1 unspecified atom stereocenters. The van der Waals surface area contributed by atoms with Crippen molar-refractivity contribution in [2.45, 2.75) is 12.6 Å². The van der Waals surface area contributed by atoms with Crippen LogP contribution in [-0.4, -0.2) is 46.3 Å². The smallest absolute Gasteiger partial charge is 0.330 e. The highest BCUT2D eigenvalue weighted by atomic mass is 16.5. The molecule has 1 atom stereocenters. The molecule has 9 heteroatoms. The standard InChI is InChI=1S/C10H13N3O6/c1-19-9(17)6(5-14)11-8(16)4-13-3-2-7(15)12-10(13)18/h2-3,6,14H,4-5H2,1H3,(H,11,16)(H,12,15,18). The second-order valence-corrected chi connectivity index (χ2v) is 3.56. The number of H-pyrrole nitrogens is 1. The van der Waals surface area contributed by atoms with Gasteiger partial charge < -0.3 is 15.2 Å². The fraction of sp³-hybridized carbons (Fsp3) is 0.400. The number of carbonyl (C=O) groups excluding carboxylic acids is 2. The highest BCUT2D eigenvalue weighted by Gasteiger charge is 2.20. The van der Waals surface area contributed by atoms with E-state index in [1.807, 2.05) is 4.98 Å². The Bertz CT molecular complexity index is 575.